The Balaban J connectivity index is 2.24. The van der Waals surface area contributed by atoms with Gasteiger partial charge in [0.05, 0.1) is 11.9 Å². The highest BCUT2D eigenvalue weighted by Gasteiger charge is 2.22. The minimum absolute atomic E-state index is 0.0880. The molecule has 1 aliphatic heterocycles. The van der Waals surface area contributed by atoms with Gasteiger partial charge in [0.15, 0.2) is 0 Å². The largest absolute Gasteiger partial charge is 0.366 e. The van der Waals surface area contributed by atoms with Crippen LogP contribution in [0.15, 0.2) is 15.5 Å². The fourth-order valence-corrected chi connectivity index (χ4v) is 3.23. The minimum Gasteiger partial charge on any atom is -0.366 e. The lowest BCUT2D eigenvalue weighted by Gasteiger charge is -2.34. The predicted octanol–water partition coefficient (Wildman–Crippen LogP) is 1.76. The molecular weight excluding hydrogens is 320 g/mol. The third kappa shape index (κ3) is 3.41. The zero-order valence-electron chi connectivity index (χ0n) is 12.4. The number of rotatable bonds is 4. The highest BCUT2D eigenvalue weighted by atomic mass is 79.9. The van der Waals surface area contributed by atoms with Crippen LogP contribution in [0.3, 0.4) is 0 Å². The molecule has 0 aliphatic carbocycles. The normalized spacial score (nSPS) is 19.4. The van der Waals surface area contributed by atoms with E-state index in [9.17, 15) is 4.79 Å². The lowest BCUT2D eigenvalue weighted by molar-refractivity contribution is 0.370. The van der Waals surface area contributed by atoms with Crippen LogP contribution in [0.25, 0.3) is 0 Å². The smallest absolute Gasteiger partial charge is 0.282 e. The summed E-state index contributed by atoms with van der Waals surface area (Å²) in [4.78, 5) is 14.3. The van der Waals surface area contributed by atoms with E-state index in [2.05, 4.69) is 45.1 Å². The molecule has 2 heterocycles. The third-order valence-electron chi connectivity index (χ3n) is 3.85. The summed E-state index contributed by atoms with van der Waals surface area (Å²) in [5, 5.41) is 7.60. The van der Waals surface area contributed by atoms with Crippen molar-refractivity contribution in [3.8, 4) is 0 Å². The molecule has 1 atom stereocenters. The maximum Gasteiger partial charge on any atom is 0.282 e. The van der Waals surface area contributed by atoms with Crippen LogP contribution in [-0.4, -0.2) is 35.5 Å². The van der Waals surface area contributed by atoms with Crippen LogP contribution in [0.4, 0.5) is 5.69 Å². The van der Waals surface area contributed by atoms with Crippen molar-refractivity contribution in [3.63, 3.8) is 0 Å². The van der Waals surface area contributed by atoms with Crippen LogP contribution < -0.4 is 15.8 Å². The molecule has 1 aromatic heterocycles. The topological polar surface area (TPSA) is 50.2 Å². The summed E-state index contributed by atoms with van der Waals surface area (Å²) < 4.78 is 1.96. The molecule has 1 unspecified atom stereocenters. The second-order valence-corrected chi connectivity index (χ2v) is 6.52. The lowest BCUT2D eigenvalue weighted by Crippen LogP contribution is -2.42. The number of nitrogens with one attached hydrogen (secondary N) is 1. The van der Waals surface area contributed by atoms with Crippen molar-refractivity contribution < 1.29 is 0 Å². The minimum atomic E-state index is -0.0880. The first-order valence-corrected chi connectivity index (χ1v) is 7.99. The van der Waals surface area contributed by atoms with Gasteiger partial charge in [0.25, 0.3) is 5.56 Å². The lowest BCUT2D eigenvalue weighted by atomic mass is 9.98. The van der Waals surface area contributed by atoms with Gasteiger partial charge < -0.3 is 10.2 Å². The van der Waals surface area contributed by atoms with Gasteiger partial charge in [-0.15, -0.1) is 0 Å². The number of piperidine rings is 1. The number of nitrogens with zero attached hydrogens (tertiary/aromatic N) is 3. The number of aryl methyl sites for hydroxylation is 1. The van der Waals surface area contributed by atoms with Crippen molar-refractivity contribution in [2.24, 2.45) is 13.0 Å². The van der Waals surface area contributed by atoms with Gasteiger partial charge in [0.2, 0.25) is 0 Å². The zero-order chi connectivity index (χ0) is 14.7. The fourth-order valence-electron chi connectivity index (χ4n) is 2.65. The predicted molar refractivity (Wildman–Crippen MR) is 85.3 cm³/mol. The van der Waals surface area contributed by atoms with E-state index < -0.39 is 0 Å². The summed E-state index contributed by atoms with van der Waals surface area (Å²) in [5.41, 5.74) is 0.809. The molecule has 20 heavy (non-hydrogen) atoms. The summed E-state index contributed by atoms with van der Waals surface area (Å²) >= 11 is 3.43. The number of aromatic nitrogens is 2. The van der Waals surface area contributed by atoms with Crippen molar-refractivity contribution in [1.29, 1.82) is 0 Å². The second kappa shape index (κ2) is 6.72. The van der Waals surface area contributed by atoms with Gasteiger partial charge in [0.1, 0.15) is 4.47 Å². The van der Waals surface area contributed by atoms with Gasteiger partial charge in [-0.2, -0.15) is 5.10 Å². The van der Waals surface area contributed by atoms with Gasteiger partial charge in [0, 0.05) is 19.6 Å². The Labute approximate surface area is 128 Å². The highest BCUT2D eigenvalue weighted by molar-refractivity contribution is 9.10. The maximum atomic E-state index is 12.0. The number of hydrogen-bond acceptors (Lipinski definition) is 4. The number of hydrogen-bond donors (Lipinski definition) is 1. The van der Waals surface area contributed by atoms with Crippen LogP contribution in [0.5, 0.6) is 0 Å². The fraction of sp³-hybridized carbons (Fsp3) is 0.714. The van der Waals surface area contributed by atoms with Crippen LogP contribution >= 0.6 is 15.9 Å². The average Bonchev–Trinajstić information content (AvgIpc) is 2.44. The third-order valence-corrected chi connectivity index (χ3v) is 4.59. The van der Waals surface area contributed by atoms with Gasteiger partial charge in [-0.3, -0.25) is 4.79 Å². The van der Waals surface area contributed by atoms with Crippen LogP contribution in [0, 0.1) is 5.92 Å². The first kappa shape index (κ1) is 15.5. The van der Waals surface area contributed by atoms with E-state index in [1.807, 2.05) is 0 Å². The Morgan fingerprint density at radius 3 is 2.95 bits per heavy atom. The van der Waals surface area contributed by atoms with E-state index in [1.165, 1.54) is 17.5 Å². The highest BCUT2D eigenvalue weighted by Crippen LogP contribution is 2.25. The summed E-state index contributed by atoms with van der Waals surface area (Å²) in [6.07, 6.45) is 4.25. The zero-order valence-corrected chi connectivity index (χ0v) is 14.0. The quantitative estimate of drug-likeness (QED) is 0.905. The molecular formula is C14H23BrN4O. The SMILES string of the molecule is CC(C)N(CC1CCCNC1)c1cnn(C)c(=O)c1Br. The summed E-state index contributed by atoms with van der Waals surface area (Å²) in [7, 11) is 1.67. The van der Waals surface area contributed by atoms with E-state index in [-0.39, 0.29) is 5.56 Å². The molecule has 0 radical (unpaired) electrons. The van der Waals surface area contributed by atoms with E-state index in [0.29, 0.717) is 16.4 Å². The summed E-state index contributed by atoms with van der Waals surface area (Å²) in [6, 6.07) is 0.335. The van der Waals surface area contributed by atoms with E-state index in [0.717, 1.165) is 25.3 Å². The summed E-state index contributed by atoms with van der Waals surface area (Å²) in [6.45, 7) is 7.44. The molecule has 0 spiro atoms. The Morgan fingerprint density at radius 2 is 2.35 bits per heavy atom. The van der Waals surface area contributed by atoms with E-state index in [1.54, 1.807) is 13.2 Å². The summed E-state index contributed by atoms with van der Waals surface area (Å²) in [5.74, 6) is 0.627. The molecule has 0 aromatic carbocycles. The Kier molecular flexibility index (Phi) is 5.21. The molecule has 1 N–H and O–H groups in total. The Bertz CT molecular complexity index is 508. The van der Waals surface area contributed by atoms with Crippen molar-refractivity contribution >= 4 is 21.6 Å². The van der Waals surface area contributed by atoms with Crippen molar-refractivity contribution in [2.45, 2.75) is 32.7 Å². The Hall–Kier alpha value is -0.880. The van der Waals surface area contributed by atoms with Crippen molar-refractivity contribution in [2.75, 3.05) is 24.5 Å². The molecule has 1 aromatic rings. The second-order valence-electron chi connectivity index (χ2n) is 5.73. The molecule has 0 bridgehead atoms. The molecule has 5 nitrogen and oxygen atoms in total. The van der Waals surface area contributed by atoms with Crippen LogP contribution in [-0.2, 0) is 7.05 Å². The first-order chi connectivity index (χ1) is 9.50. The number of halogens is 1. The van der Waals surface area contributed by atoms with Crippen LogP contribution in [0.1, 0.15) is 26.7 Å². The molecule has 112 valence electrons. The molecule has 2 rings (SSSR count). The molecule has 1 fully saturated rings. The molecule has 1 saturated heterocycles. The molecule has 0 amide bonds. The van der Waals surface area contributed by atoms with Gasteiger partial charge >= 0.3 is 0 Å². The molecule has 6 heteroatoms. The first-order valence-electron chi connectivity index (χ1n) is 7.20. The monoisotopic (exact) mass is 342 g/mol. The molecule has 0 saturated carbocycles. The Morgan fingerprint density at radius 1 is 1.60 bits per heavy atom. The standard InChI is InChI=1S/C14H23BrN4O/c1-10(2)19(9-11-5-4-6-16-7-11)12-8-17-18(3)14(20)13(12)15/h8,10-11,16H,4-7,9H2,1-3H3. The van der Waals surface area contributed by atoms with Crippen molar-refractivity contribution in [1.82, 2.24) is 15.1 Å². The van der Waals surface area contributed by atoms with Crippen molar-refractivity contribution in [3.05, 3.63) is 21.0 Å². The number of anilines is 1. The van der Waals surface area contributed by atoms with Gasteiger partial charge in [-0.1, -0.05) is 0 Å². The van der Waals surface area contributed by atoms with E-state index >= 15 is 0 Å². The van der Waals surface area contributed by atoms with Gasteiger partial charge in [-0.05, 0) is 61.6 Å². The van der Waals surface area contributed by atoms with Gasteiger partial charge in [-0.25, -0.2) is 4.68 Å². The van der Waals surface area contributed by atoms with Crippen LogP contribution in [0.2, 0.25) is 0 Å². The van der Waals surface area contributed by atoms with E-state index in [4.69, 9.17) is 0 Å². The molecule has 1 aliphatic rings. The maximum absolute atomic E-state index is 12.0. The average molecular weight is 343 g/mol.